The molecule has 1 aliphatic rings. The molecule has 1 aliphatic heterocycles. The number of nitrogens with zero attached hydrogens (tertiary/aromatic N) is 2. The van der Waals surface area contributed by atoms with E-state index in [4.69, 9.17) is 0 Å². The second-order valence-electron chi connectivity index (χ2n) is 7.97. The molecule has 0 radical (unpaired) electrons. The lowest BCUT2D eigenvalue weighted by molar-refractivity contribution is -0.127. The molecule has 0 saturated carbocycles. The lowest BCUT2D eigenvalue weighted by Crippen LogP contribution is -2.52. The highest BCUT2D eigenvalue weighted by molar-refractivity contribution is 5.94. The molecular formula is C26H25F2N3O2. The molecule has 0 aromatic heterocycles. The molecule has 5 nitrogen and oxygen atoms in total. The number of hydrogen-bond donors (Lipinski definition) is 1. The van der Waals surface area contributed by atoms with Gasteiger partial charge < -0.3 is 10.2 Å². The van der Waals surface area contributed by atoms with Gasteiger partial charge in [-0.15, -0.1) is 0 Å². The zero-order chi connectivity index (χ0) is 23.2. The number of piperazine rings is 1. The predicted molar refractivity (Wildman–Crippen MR) is 121 cm³/mol. The fraction of sp³-hybridized carbons (Fsp3) is 0.231. The second-order valence-corrected chi connectivity index (χ2v) is 7.97. The minimum absolute atomic E-state index is 0.124. The summed E-state index contributed by atoms with van der Waals surface area (Å²) in [6.07, 6.45) is 0. The van der Waals surface area contributed by atoms with Gasteiger partial charge in [0, 0.05) is 32.7 Å². The van der Waals surface area contributed by atoms with Gasteiger partial charge in [-0.3, -0.25) is 14.5 Å². The van der Waals surface area contributed by atoms with E-state index in [1.807, 2.05) is 65.6 Å². The van der Waals surface area contributed by atoms with Gasteiger partial charge >= 0.3 is 0 Å². The van der Waals surface area contributed by atoms with Gasteiger partial charge in [-0.25, -0.2) is 8.78 Å². The highest BCUT2D eigenvalue weighted by Crippen LogP contribution is 2.24. The molecule has 4 rings (SSSR count). The van der Waals surface area contributed by atoms with E-state index in [2.05, 4.69) is 5.32 Å². The fourth-order valence-corrected chi connectivity index (χ4v) is 4.06. The van der Waals surface area contributed by atoms with Crippen LogP contribution in [0.1, 0.15) is 27.5 Å². The maximum Gasteiger partial charge on any atom is 0.257 e. The number of benzene rings is 3. The zero-order valence-electron chi connectivity index (χ0n) is 18.1. The minimum atomic E-state index is -0.744. The zero-order valence-corrected chi connectivity index (χ0v) is 18.1. The van der Waals surface area contributed by atoms with Crippen LogP contribution in [-0.2, 0) is 11.3 Å². The lowest BCUT2D eigenvalue weighted by Gasteiger charge is -2.38. The van der Waals surface area contributed by atoms with Gasteiger partial charge in [0.2, 0.25) is 5.91 Å². The number of nitrogens with one attached hydrogen (secondary N) is 1. The fourth-order valence-electron chi connectivity index (χ4n) is 4.06. The first kappa shape index (κ1) is 22.6. The number of rotatable bonds is 6. The van der Waals surface area contributed by atoms with Crippen LogP contribution in [-0.4, -0.2) is 47.8 Å². The molecule has 1 N–H and O–H groups in total. The van der Waals surface area contributed by atoms with Crippen molar-refractivity contribution in [1.82, 2.24) is 15.1 Å². The molecule has 33 heavy (non-hydrogen) atoms. The van der Waals surface area contributed by atoms with Crippen LogP contribution in [0.3, 0.4) is 0 Å². The highest BCUT2D eigenvalue weighted by Gasteiger charge is 2.32. The van der Waals surface area contributed by atoms with Crippen molar-refractivity contribution in [2.45, 2.75) is 12.6 Å². The number of halogens is 2. The van der Waals surface area contributed by atoms with Crippen molar-refractivity contribution in [2.75, 3.05) is 26.2 Å². The summed E-state index contributed by atoms with van der Waals surface area (Å²) in [6, 6.07) is 21.5. The Hall–Kier alpha value is -3.58. The Balaban J connectivity index is 1.45. The van der Waals surface area contributed by atoms with Crippen molar-refractivity contribution in [3.8, 4) is 0 Å². The Morgan fingerprint density at radius 2 is 1.48 bits per heavy atom. The van der Waals surface area contributed by atoms with E-state index in [1.165, 1.54) is 4.90 Å². The third kappa shape index (κ3) is 5.43. The molecule has 170 valence electrons. The summed E-state index contributed by atoms with van der Waals surface area (Å²) >= 11 is 0. The van der Waals surface area contributed by atoms with E-state index in [9.17, 15) is 18.4 Å². The van der Waals surface area contributed by atoms with E-state index in [0.29, 0.717) is 32.7 Å². The smallest absolute Gasteiger partial charge is 0.257 e. The number of carbonyl (C=O) groups excluding carboxylic acids is 2. The highest BCUT2D eigenvalue weighted by atomic mass is 19.1. The molecule has 1 fully saturated rings. The normalized spacial score (nSPS) is 15.2. The van der Waals surface area contributed by atoms with Crippen molar-refractivity contribution in [3.05, 3.63) is 107 Å². The largest absolute Gasteiger partial charge is 0.350 e. The Kier molecular flexibility index (Phi) is 7.10. The van der Waals surface area contributed by atoms with Crippen LogP contribution in [0.2, 0.25) is 0 Å². The minimum Gasteiger partial charge on any atom is -0.350 e. The first-order valence-corrected chi connectivity index (χ1v) is 10.9. The van der Waals surface area contributed by atoms with Crippen LogP contribution in [0.25, 0.3) is 0 Å². The van der Waals surface area contributed by atoms with E-state index < -0.39 is 23.6 Å². The summed E-state index contributed by atoms with van der Waals surface area (Å²) in [6.45, 7) is 1.90. The Labute approximate surface area is 191 Å². The number of hydrogen-bond acceptors (Lipinski definition) is 3. The molecule has 3 aromatic rings. The van der Waals surface area contributed by atoms with Gasteiger partial charge in [0.05, 0.1) is 5.56 Å². The SMILES string of the molecule is O=C(NCc1ccccc1)C(c1ccccc1)N1CCN(C(=O)c2cc(F)ccc2F)CC1. The molecule has 0 spiro atoms. The van der Waals surface area contributed by atoms with E-state index in [0.717, 1.165) is 29.3 Å². The summed E-state index contributed by atoms with van der Waals surface area (Å²) in [5.41, 5.74) is 1.59. The summed E-state index contributed by atoms with van der Waals surface area (Å²) < 4.78 is 27.6. The van der Waals surface area contributed by atoms with E-state index >= 15 is 0 Å². The van der Waals surface area contributed by atoms with Gasteiger partial charge in [-0.2, -0.15) is 0 Å². The summed E-state index contributed by atoms with van der Waals surface area (Å²) in [4.78, 5) is 29.5. The van der Waals surface area contributed by atoms with Crippen molar-refractivity contribution >= 4 is 11.8 Å². The number of amides is 2. The molecular weight excluding hydrogens is 424 g/mol. The first-order chi connectivity index (χ1) is 16.0. The molecule has 1 unspecified atom stereocenters. The second kappa shape index (κ2) is 10.4. The van der Waals surface area contributed by atoms with E-state index in [1.54, 1.807) is 0 Å². The van der Waals surface area contributed by atoms with Crippen molar-refractivity contribution in [3.63, 3.8) is 0 Å². The quantitative estimate of drug-likeness (QED) is 0.623. The topological polar surface area (TPSA) is 52.7 Å². The Bertz CT molecular complexity index is 1100. The molecule has 1 atom stereocenters. The maximum absolute atomic E-state index is 14.1. The molecule has 3 aromatic carbocycles. The lowest BCUT2D eigenvalue weighted by atomic mass is 10.0. The van der Waals surface area contributed by atoms with Gasteiger partial charge in [0.15, 0.2) is 0 Å². The first-order valence-electron chi connectivity index (χ1n) is 10.9. The standard InChI is InChI=1S/C26H25F2N3O2/c27-21-11-12-23(28)22(17-21)26(33)31-15-13-30(14-16-31)24(20-9-5-2-6-10-20)25(32)29-18-19-7-3-1-4-8-19/h1-12,17,24H,13-16,18H2,(H,29,32). The van der Waals surface area contributed by atoms with Crippen molar-refractivity contribution < 1.29 is 18.4 Å². The molecule has 0 bridgehead atoms. The summed E-state index contributed by atoms with van der Waals surface area (Å²) in [7, 11) is 0. The third-order valence-electron chi connectivity index (χ3n) is 5.80. The van der Waals surface area contributed by atoms with Gasteiger partial charge in [0.25, 0.3) is 5.91 Å². The van der Waals surface area contributed by atoms with E-state index in [-0.39, 0.29) is 11.5 Å². The third-order valence-corrected chi connectivity index (χ3v) is 5.80. The Morgan fingerprint density at radius 3 is 2.15 bits per heavy atom. The molecule has 7 heteroatoms. The van der Waals surface area contributed by atoms with Crippen molar-refractivity contribution in [1.29, 1.82) is 0 Å². The monoisotopic (exact) mass is 449 g/mol. The van der Waals surface area contributed by atoms with Crippen molar-refractivity contribution in [2.24, 2.45) is 0 Å². The van der Waals surface area contributed by atoms with Crippen LogP contribution in [0.15, 0.2) is 78.9 Å². The van der Waals surface area contributed by atoms with Gasteiger partial charge in [-0.1, -0.05) is 60.7 Å². The predicted octanol–water partition coefficient (Wildman–Crippen LogP) is 3.78. The van der Waals surface area contributed by atoms with Gasteiger partial charge in [-0.05, 0) is 29.3 Å². The molecule has 0 aliphatic carbocycles. The van der Waals surface area contributed by atoms with Crippen LogP contribution in [0, 0.1) is 11.6 Å². The van der Waals surface area contributed by atoms with Gasteiger partial charge in [0.1, 0.15) is 17.7 Å². The van der Waals surface area contributed by atoms with Crippen LogP contribution < -0.4 is 5.32 Å². The maximum atomic E-state index is 14.1. The average molecular weight is 450 g/mol. The summed E-state index contributed by atoms with van der Waals surface area (Å²) in [5, 5.41) is 3.02. The van der Waals surface area contributed by atoms with Crippen LogP contribution in [0.5, 0.6) is 0 Å². The van der Waals surface area contributed by atoms with Crippen LogP contribution in [0.4, 0.5) is 8.78 Å². The summed E-state index contributed by atoms with van der Waals surface area (Å²) in [5.74, 6) is -2.07. The molecule has 1 saturated heterocycles. The van der Waals surface area contributed by atoms with Crippen LogP contribution >= 0.6 is 0 Å². The Morgan fingerprint density at radius 1 is 0.848 bits per heavy atom. The molecule has 2 amide bonds. The number of carbonyl (C=O) groups is 2. The molecule has 1 heterocycles. The average Bonchev–Trinajstić information content (AvgIpc) is 2.86.